The summed E-state index contributed by atoms with van der Waals surface area (Å²) in [6.07, 6.45) is 12.5. The van der Waals surface area contributed by atoms with Crippen LogP contribution in [0, 0.1) is 0 Å². The van der Waals surface area contributed by atoms with Gasteiger partial charge in [-0.25, -0.2) is 15.0 Å². The van der Waals surface area contributed by atoms with E-state index in [9.17, 15) is 0 Å². The molecule has 2 saturated heterocycles. The lowest BCUT2D eigenvalue weighted by Gasteiger charge is -2.45. The summed E-state index contributed by atoms with van der Waals surface area (Å²) in [6, 6.07) is 1.89. The van der Waals surface area contributed by atoms with Gasteiger partial charge in [0.25, 0.3) is 0 Å². The topological polar surface area (TPSA) is 50.1 Å². The maximum absolute atomic E-state index is 4.49. The van der Waals surface area contributed by atoms with Gasteiger partial charge >= 0.3 is 0 Å². The standard InChI is InChI=1S/C17H24N6/c1-21-14-18-12-15(21)13-22-10-5-17(6-11-22)4-2-9-23(17)16-19-7-3-8-20-16/h3,7-8,12,14H,2,4-6,9-11,13H2,1H3. The van der Waals surface area contributed by atoms with E-state index in [1.807, 2.05) is 31.0 Å². The van der Waals surface area contributed by atoms with Gasteiger partial charge in [0.1, 0.15) is 0 Å². The van der Waals surface area contributed by atoms with Crippen molar-refractivity contribution in [2.75, 3.05) is 24.5 Å². The van der Waals surface area contributed by atoms with Crippen molar-refractivity contribution in [1.82, 2.24) is 24.4 Å². The van der Waals surface area contributed by atoms with Crippen LogP contribution >= 0.6 is 0 Å². The number of nitrogens with zero attached hydrogens (tertiary/aromatic N) is 6. The maximum atomic E-state index is 4.49. The third-order valence-corrected chi connectivity index (χ3v) is 5.48. The van der Waals surface area contributed by atoms with Crippen LogP contribution in [0.15, 0.2) is 31.0 Å². The van der Waals surface area contributed by atoms with Crippen molar-refractivity contribution in [1.29, 1.82) is 0 Å². The summed E-state index contributed by atoms with van der Waals surface area (Å²) < 4.78 is 2.12. The molecule has 0 unspecified atom stereocenters. The van der Waals surface area contributed by atoms with E-state index < -0.39 is 0 Å². The van der Waals surface area contributed by atoms with E-state index in [0.29, 0.717) is 0 Å². The van der Waals surface area contributed by atoms with Crippen LogP contribution < -0.4 is 4.90 Å². The molecule has 6 nitrogen and oxygen atoms in total. The van der Waals surface area contributed by atoms with Crippen LogP contribution in [0.3, 0.4) is 0 Å². The SMILES string of the molecule is Cn1cncc1CN1CCC2(CCCN2c2ncccn2)CC1. The minimum atomic E-state index is 0.268. The number of imidazole rings is 1. The molecule has 0 atom stereocenters. The van der Waals surface area contributed by atoms with E-state index in [0.717, 1.165) is 32.1 Å². The van der Waals surface area contributed by atoms with Crippen LogP contribution in [-0.2, 0) is 13.6 Å². The molecular formula is C17H24N6. The molecule has 0 aliphatic carbocycles. The fourth-order valence-corrected chi connectivity index (χ4v) is 4.09. The van der Waals surface area contributed by atoms with Gasteiger partial charge in [-0.15, -0.1) is 0 Å². The zero-order valence-electron chi connectivity index (χ0n) is 13.7. The van der Waals surface area contributed by atoms with Crippen molar-refractivity contribution in [3.63, 3.8) is 0 Å². The second-order valence-corrected chi connectivity index (χ2v) is 6.80. The molecule has 0 aromatic carbocycles. The van der Waals surface area contributed by atoms with Gasteiger partial charge in [-0.1, -0.05) is 0 Å². The summed E-state index contributed by atoms with van der Waals surface area (Å²) in [4.78, 5) is 18.2. The summed E-state index contributed by atoms with van der Waals surface area (Å²) in [6.45, 7) is 4.35. The first-order valence-electron chi connectivity index (χ1n) is 8.49. The van der Waals surface area contributed by atoms with Gasteiger partial charge in [0.05, 0.1) is 12.0 Å². The van der Waals surface area contributed by atoms with E-state index in [2.05, 4.69) is 36.4 Å². The minimum absolute atomic E-state index is 0.268. The molecule has 1 spiro atoms. The summed E-state index contributed by atoms with van der Waals surface area (Å²) in [5.74, 6) is 0.907. The van der Waals surface area contributed by atoms with E-state index in [1.54, 1.807) is 0 Å². The second kappa shape index (κ2) is 5.92. The van der Waals surface area contributed by atoms with Crippen molar-refractivity contribution in [3.8, 4) is 0 Å². The quantitative estimate of drug-likeness (QED) is 0.865. The number of aryl methyl sites for hydroxylation is 1. The number of hydrogen-bond donors (Lipinski definition) is 0. The van der Waals surface area contributed by atoms with Crippen molar-refractivity contribution < 1.29 is 0 Å². The minimum Gasteiger partial charge on any atom is -0.337 e. The highest BCUT2D eigenvalue weighted by molar-refractivity contribution is 5.37. The molecule has 0 amide bonds. The van der Waals surface area contributed by atoms with Crippen molar-refractivity contribution in [2.24, 2.45) is 7.05 Å². The van der Waals surface area contributed by atoms with Crippen LogP contribution in [0.4, 0.5) is 5.95 Å². The third-order valence-electron chi connectivity index (χ3n) is 5.48. The predicted molar refractivity (Wildman–Crippen MR) is 89.1 cm³/mol. The molecule has 4 heterocycles. The third kappa shape index (κ3) is 2.72. The highest BCUT2D eigenvalue weighted by atomic mass is 15.3. The molecule has 0 saturated carbocycles. The first-order valence-corrected chi connectivity index (χ1v) is 8.49. The Kier molecular flexibility index (Phi) is 3.77. The van der Waals surface area contributed by atoms with Crippen LogP contribution in [0.25, 0.3) is 0 Å². The number of rotatable bonds is 3. The molecule has 2 aromatic heterocycles. The van der Waals surface area contributed by atoms with Gasteiger partial charge in [0.15, 0.2) is 0 Å². The van der Waals surface area contributed by atoms with Crippen LogP contribution in [-0.4, -0.2) is 49.6 Å². The van der Waals surface area contributed by atoms with Gasteiger partial charge < -0.3 is 9.47 Å². The molecule has 0 radical (unpaired) electrons. The highest BCUT2D eigenvalue weighted by Gasteiger charge is 2.44. The number of aromatic nitrogens is 4. The van der Waals surface area contributed by atoms with Crippen molar-refractivity contribution in [2.45, 2.75) is 37.8 Å². The molecule has 2 aliphatic rings. The zero-order valence-corrected chi connectivity index (χ0v) is 13.7. The highest BCUT2D eigenvalue weighted by Crippen LogP contribution is 2.40. The molecule has 122 valence electrons. The molecule has 4 rings (SSSR count). The Labute approximate surface area is 137 Å². The first kappa shape index (κ1) is 14.6. The van der Waals surface area contributed by atoms with Gasteiger partial charge in [-0.2, -0.15) is 0 Å². The maximum Gasteiger partial charge on any atom is 0.225 e. The lowest BCUT2D eigenvalue weighted by molar-refractivity contribution is 0.153. The van der Waals surface area contributed by atoms with Gasteiger partial charge in [0, 0.05) is 57.4 Å². The van der Waals surface area contributed by atoms with Gasteiger partial charge in [-0.3, -0.25) is 4.90 Å². The summed E-state index contributed by atoms with van der Waals surface area (Å²) in [7, 11) is 2.07. The summed E-state index contributed by atoms with van der Waals surface area (Å²) in [5.41, 5.74) is 1.56. The van der Waals surface area contributed by atoms with E-state index in [-0.39, 0.29) is 5.54 Å². The average molecular weight is 312 g/mol. The Balaban J connectivity index is 1.44. The fourth-order valence-electron chi connectivity index (χ4n) is 4.09. The zero-order chi connectivity index (χ0) is 15.7. The molecule has 0 N–H and O–H groups in total. The van der Waals surface area contributed by atoms with E-state index in [4.69, 9.17) is 0 Å². The largest absolute Gasteiger partial charge is 0.337 e. The summed E-state index contributed by atoms with van der Waals surface area (Å²) in [5, 5.41) is 0. The summed E-state index contributed by atoms with van der Waals surface area (Å²) >= 11 is 0. The Hall–Kier alpha value is -1.95. The van der Waals surface area contributed by atoms with Crippen LogP contribution in [0.5, 0.6) is 0 Å². The molecule has 2 aromatic rings. The predicted octanol–water partition coefficient (Wildman–Crippen LogP) is 1.85. The molecule has 6 heteroatoms. The van der Waals surface area contributed by atoms with E-state index >= 15 is 0 Å². The number of piperidine rings is 1. The normalized spacial score (nSPS) is 21.2. The monoisotopic (exact) mass is 312 g/mol. The first-order chi connectivity index (χ1) is 11.3. The Bertz CT molecular complexity index is 644. The lowest BCUT2D eigenvalue weighted by Crippen LogP contribution is -2.52. The smallest absolute Gasteiger partial charge is 0.225 e. The van der Waals surface area contributed by atoms with Crippen LogP contribution in [0.1, 0.15) is 31.4 Å². The fraction of sp³-hybridized carbons (Fsp3) is 0.588. The number of anilines is 1. The molecule has 0 bridgehead atoms. The van der Waals surface area contributed by atoms with Gasteiger partial charge in [-0.05, 0) is 31.7 Å². The Morgan fingerprint density at radius 1 is 1.09 bits per heavy atom. The van der Waals surface area contributed by atoms with Crippen LogP contribution in [0.2, 0.25) is 0 Å². The molecular weight excluding hydrogens is 288 g/mol. The Morgan fingerprint density at radius 2 is 1.87 bits per heavy atom. The average Bonchev–Trinajstić information content (AvgIpc) is 3.18. The molecule has 2 fully saturated rings. The van der Waals surface area contributed by atoms with E-state index in [1.165, 1.54) is 31.4 Å². The second-order valence-electron chi connectivity index (χ2n) is 6.80. The lowest BCUT2D eigenvalue weighted by atomic mass is 9.85. The molecule has 23 heavy (non-hydrogen) atoms. The molecule has 2 aliphatic heterocycles. The number of likely N-dealkylation sites (tertiary alicyclic amines) is 1. The van der Waals surface area contributed by atoms with Crippen molar-refractivity contribution >= 4 is 5.95 Å². The van der Waals surface area contributed by atoms with Crippen molar-refractivity contribution in [3.05, 3.63) is 36.7 Å². The Morgan fingerprint density at radius 3 is 2.57 bits per heavy atom. The number of hydrogen-bond acceptors (Lipinski definition) is 5. The van der Waals surface area contributed by atoms with Gasteiger partial charge in [0.2, 0.25) is 5.95 Å².